The maximum absolute atomic E-state index is 5.77. The Hall–Kier alpha value is -0.940. The van der Waals surface area contributed by atoms with Gasteiger partial charge >= 0.3 is 0 Å². The van der Waals surface area contributed by atoms with Crippen LogP contribution in [0.2, 0.25) is 0 Å². The molecule has 3 unspecified atom stereocenters. The van der Waals surface area contributed by atoms with Crippen LogP contribution in [0.15, 0.2) is 4.52 Å². The first kappa shape index (κ1) is 9.30. The third-order valence-corrected chi connectivity index (χ3v) is 3.25. The summed E-state index contributed by atoms with van der Waals surface area (Å²) in [7, 11) is 1.87. The smallest absolute Gasteiger partial charge is 0.240 e. The summed E-state index contributed by atoms with van der Waals surface area (Å²) >= 11 is 0. The summed E-state index contributed by atoms with van der Waals surface area (Å²) in [5.41, 5.74) is 0. The molecule has 0 aromatic carbocycles. The summed E-state index contributed by atoms with van der Waals surface area (Å²) in [6, 6.07) is 0. The summed E-state index contributed by atoms with van der Waals surface area (Å²) in [4.78, 5) is 4.38. The van der Waals surface area contributed by atoms with Crippen LogP contribution in [0.3, 0.4) is 0 Å². The van der Waals surface area contributed by atoms with Crippen molar-refractivity contribution in [1.29, 1.82) is 0 Å². The lowest BCUT2D eigenvalue weighted by Crippen LogP contribution is -2.15. The summed E-state index contributed by atoms with van der Waals surface area (Å²) in [5.74, 6) is 1.85. The Morgan fingerprint density at radius 2 is 2.40 bits per heavy atom. The van der Waals surface area contributed by atoms with Crippen LogP contribution in [-0.2, 0) is 11.3 Å². The summed E-state index contributed by atoms with van der Waals surface area (Å²) in [6.45, 7) is 0.634. The molecule has 0 amide bonds. The van der Waals surface area contributed by atoms with Crippen LogP contribution in [0.1, 0.15) is 36.9 Å². The largest absolute Gasteiger partial charge is 0.374 e. The van der Waals surface area contributed by atoms with Crippen molar-refractivity contribution >= 4 is 0 Å². The molecule has 0 radical (unpaired) electrons. The van der Waals surface area contributed by atoms with E-state index in [0.717, 1.165) is 18.7 Å². The molecule has 1 aromatic heterocycles. The quantitative estimate of drug-likeness (QED) is 0.798. The highest BCUT2D eigenvalue weighted by atomic mass is 16.5. The van der Waals surface area contributed by atoms with Crippen molar-refractivity contribution in [3.05, 3.63) is 11.7 Å². The molecule has 2 saturated heterocycles. The third kappa shape index (κ3) is 1.55. The number of ether oxygens (including phenoxy) is 1. The molecule has 15 heavy (non-hydrogen) atoms. The number of hydrogen-bond acceptors (Lipinski definition) is 5. The zero-order chi connectivity index (χ0) is 10.3. The first-order valence-electron chi connectivity index (χ1n) is 5.49. The molecule has 1 N–H and O–H groups in total. The molecule has 3 atom stereocenters. The summed E-state index contributed by atoms with van der Waals surface area (Å²) in [5, 5.41) is 7.02. The second-order valence-corrected chi connectivity index (χ2v) is 4.29. The average Bonchev–Trinajstić information content (AvgIpc) is 2.91. The van der Waals surface area contributed by atoms with Gasteiger partial charge < -0.3 is 14.6 Å². The molecule has 82 valence electrons. The second kappa shape index (κ2) is 3.57. The number of aromatic nitrogens is 2. The number of rotatable bonds is 3. The Morgan fingerprint density at radius 1 is 1.47 bits per heavy atom. The predicted octanol–water partition coefficient (Wildman–Crippen LogP) is 0.824. The monoisotopic (exact) mass is 209 g/mol. The minimum atomic E-state index is 0.329. The van der Waals surface area contributed by atoms with E-state index < -0.39 is 0 Å². The predicted molar refractivity (Wildman–Crippen MR) is 52.3 cm³/mol. The lowest BCUT2D eigenvalue weighted by atomic mass is 9.89. The van der Waals surface area contributed by atoms with Gasteiger partial charge in [-0.1, -0.05) is 5.16 Å². The minimum absolute atomic E-state index is 0.329. The van der Waals surface area contributed by atoms with E-state index >= 15 is 0 Å². The SMILES string of the molecule is CNCc1nc(C2CC3CCC2O3)no1. The van der Waals surface area contributed by atoms with Gasteiger partial charge in [-0.2, -0.15) is 4.98 Å². The van der Waals surface area contributed by atoms with E-state index in [1.54, 1.807) is 0 Å². The molecule has 5 heteroatoms. The number of nitrogens with zero attached hydrogens (tertiary/aromatic N) is 2. The second-order valence-electron chi connectivity index (χ2n) is 4.29. The lowest BCUT2D eigenvalue weighted by Gasteiger charge is -2.13. The van der Waals surface area contributed by atoms with E-state index in [4.69, 9.17) is 9.26 Å². The van der Waals surface area contributed by atoms with E-state index in [2.05, 4.69) is 15.5 Å². The van der Waals surface area contributed by atoms with Crippen LogP contribution in [0.5, 0.6) is 0 Å². The van der Waals surface area contributed by atoms with E-state index in [-0.39, 0.29) is 0 Å². The molecule has 2 aliphatic rings. The first-order valence-corrected chi connectivity index (χ1v) is 5.49. The number of hydrogen-bond donors (Lipinski definition) is 1. The van der Waals surface area contributed by atoms with E-state index in [1.807, 2.05) is 7.05 Å². The lowest BCUT2D eigenvalue weighted by molar-refractivity contribution is 0.0996. The molecule has 2 aliphatic heterocycles. The van der Waals surface area contributed by atoms with Crippen LogP contribution >= 0.6 is 0 Å². The fourth-order valence-corrected chi connectivity index (χ4v) is 2.55. The van der Waals surface area contributed by atoms with Gasteiger partial charge in [0.05, 0.1) is 24.7 Å². The van der Waals surface area contributed by atoms with Gasteiger partial charge in [0, 0.05) is 0 Å². The van der Waals surface area contributed by atoms with Crippen molar-refractivity contribution in [3.8, 4) is 0 Å². The molecular formula is C10H15N3O2. The van der Waals surface area contributed by atoms with Crippen molar-refractivity contribution < 1.29 is 9.26 Å². The highest BCUT2D eigenvalue weighted by Gasteiger charge is 2.43. The van der Waals surface area contributed by atoms with Gasteiger partial charge in [-0.25, -0.2) is 0 Å². The van der Waals surface area contributed by atoms with Crippen molar-refractivity contribution in [2.45, 2.75) is 43.9 Å². The fraction of sp³-hybridized carbons (Fsp3) is 0.800. The van der Waals surface area contributed by atoms with Gasteiger partial charge in [-0.05, 0) is 26.3 Å². The van der Waals surface area contributed by atoms with Crippen LogP contribution in [0.4, 0.5) is 0 Å². The Balaban J connectivity index is 1.75. The van der Waals surface area contributed by atoms with Gasteiger partial charge in [0.1, 0.15) is 0 Å². The molecule has 0 saturated carbocycles. The molecular weight excluding hydrogens is 194 g/mol. The maximum Gasteiger partial charge on any atom is 0.240 e. The van der Waals surface area contributed by atoms with Gasteiger partial charge in [-0.15, -0.1) is 0 Å². The molecule has 3 rings (SSSR count). The maximum atomic E-state index is 5.77. The van der Waals surface area contributed by atoms with Crippen LogP contribution in [0.25, 0.3) is 0 Å². The molecule has 2 bridgehead atoms. The highest BCUT2D eigenvalue weighted by Crippen LogP contribution is 2.43. The van der Waals surface area contributed by atoms with Crippen LogP contribution < -0.4 is 5.32 Å². The van der Waals surface area contributed by atoms with E-state index in [9.17, 15) is 0 Å². The van der Waals surface area contributed by atoms with Gasteiger partial charge in [-0.3, -0.25) is 0 Å². The Labute approximate surface area is 88.2 Å². The normalized spacial score (nSPS) is 33.8. The Morgan fingerprint density at radius 3 is 3.07 bits per heavy atom. The molecule has 2 fully saturated rings. The molecule has 0 aliphatic carbocycles. The van der Waals surface area contributed by atoms with Crippen molar-refractivity contribution in [2.75, 3.05) is 7.05 Å². The summed E-state index contributed by atoms with van der Waals surface area (Å²) < 4.78 is 10.9. The number of fused-ring (bicyclic) bond motifs is 2. The molecule has 0 spiro atoms. The Kier molecular flexibility index (Phi) is 2.21. The Bertz CT molecular complexity index is 352. The zero-order valence-electron chi connectivity index (χ0n) is 8.77. The number of nitrogens with one attached hydrogen (secondary N) is 1. The molecule has 1 aromatic rings. The minimum Gasteiger partial charge on any atom is -0.374 e. The van der Waals surface area contributed by atoms with Crippen molar-refractivity contribution in [2.24, 2.45) is 0 Å². The van der Waals surface area contributed by atoms with Crippen molar-refractivity contribution in [1.82, 2.24) is 15.5 Å². The van der Waals surface area contributed by atoms with Crippen LogP contribution in [0, 0.1) is 0 Å². The summed E-state index contributed by atoms with van der Waals surface area (Å²) in [6.07, 6.45) is 4.16. The van der Waals surface area contributed by atoms with Gasteiger partial charge in [0.2, 0.25) is 5.89 Å². The standard InChI is InChI=1S/C10H15N3O2/c1-11-5-9-12-10(13-15-9)7-4-6-2-3-8(7)14-6/h6-8,11H,2-5H2,1H3. The van der Waals surface area contributed by atoms with E-state index in [0.29, 0.717) is 30.6 Å². The topological polar surface area (TPSA) is 60.2 Å². The third-order valence-electron chi connectivity index (χ3n) is 3.25. The van der Waals surface area contributed by atoms with Gasteiger partial charge in [0.15, 0.2) is 5.82 Å². The molecule has 5 nitrogen and oxygen atoms in total. The van der Waals surface area contributed by atoms with E-state index in [1.165, 1.54) is 6.42 Å². The average molecular weight is 209 g/mol. The highest BCUT2D eigenvalue weighted by molar-refractivity contribution is 5.06. The molecule has 3 heterocycles. The zero-order valence-corrected chi connectivity index (χ0v) is 8.77. The van der Waals surface area contributed by atoms with Gasteiger partial charge in [0.25, 0.3) is 0 Å². The first-order chi connectivity index (χ1) is 7.36. The van der Waals surface area contributed by atoms with Crippen LogP contribution in [-0.4, -0.2) is 29.4 Å². The van der Waals surface area contributed by atoms with Crippen molar-refractivity contribution in [3.63, 3.8) is 0 Å². The fourth-order valence-electron chi connectivity index (χ4n) is 2.55.